The number of hydrogen-bond donors (Lipinski definition) is 1. The fourth-order valence-corrected chi connectivity index (χ4v) is 3.04. The van der Waals surface area contributed by atoms with E-state index in [2.05, 4.69) is 5.16 Å². The molecule has 0 atom stereocenters. The summed E-state index contributed by atoms with van der Waals surface area (Å²) in [6.45, 7) is 0. The summed E-state index contributed by atoms with van der Waals surface area (Å²) in [5.74, 6) is 0.116. The van der Waals surface area contributed by atoms with Crippen molar-refractivity contribution in [1.82, 2.24) is 0 Å². The standard InChI is InChI=1S/C21H17FN2O4/c1-28-21-17(13-23-25)10-15(9-14-5-7-18(22)8-6-14)11-20(21)16-3-2-4-19(12-16)24(26)27/h2-8,10-13,25H,9H2,1H3. The number of ether oxygens (including phenoxy) is 1. The highest BCUT2D eigenvalue weighted by molar-refractivity contribution is 5.89. The Morgan fingerprint density at radius 3 is 2.54 bits per heavy atom. The van der Waals surface area contributed by atoms with E-state index in [1.54, 1.807) is 30.3 Å². The van der Waals surface area contributed by atoms with Crippen LogP contribution in [0.15, 0.2) is 65.8 Å². The first-order valence-corrected chi connectivity index (χ1v) is 8.39. The second kappa shape index (κ2) is 8.30. The fourth-order valence-electron chi connectivity index (χ4n) is 3.04. The Hall–Kier alpha value is -3.74. The van der Waals surface area contributed by atoms with Crippen molar-refractivity contribution in [2.75, 3.05) is 7.11 Å². The van der Waals surface area contributed by atoms with Crippen molar-refractivity contribution in [2.45, 2.75) is 6.42 Å². The van der Waals surface area contributed by atoms with Gasteiger partial charge in [-0.3, -0.25) is 10.1 Å². The van der Waals surface area contributed by atoms with Gasteiger partial charge in [-0.05, 0) is 47.4 Å². The molecule has 6 nitrogen and oxygen atoms in total. The van der Waals surface area contributed by atoms with Gasteiger partial charge in [0, 0.05) is 23.3 Å². The van der Waals surface area contributed by atoms with E-state index in [1.165, 1.54) is 37.6 Å². The molecule has 0 saturated heterocycles. The van der Waals surface area contributed by atoms with E-state index in [1.807, 2.05) is 6.07 Å². The molecule has 0 radical (unpaired) electrons. The van der Waals surface area contributed by atoms with E-state index in [9.17, 15) is 14.5 Å². The van der Waals surface area contributed by atoms with Gasteiger partial charge in [0.2, 0.25) is 0 Å². The predicted molar refractivity (Wildman–Crippen MR) is 104 cm³/mol. The molecule has 0 heterocycles. The number of oxime groups is 1. The van der Waals surface area contributed by atoms with Gasteiger partial charge in [-0.1, -0.05) is 29.4 Å². The lowest BCUT2D eigenvalue weighted by Crippen LogP contribution is -1.99. The Balaban J connectivity index is 2.14. The molecule has 1 N–H and O–H groups in total. The Morgan fingerprint density at radius 2 is 1.89 bits per heavy atom. The number of nitro groups is 1. The maximum absolute atomic E-state index is 13.2. The molecule has 0 amide bonds. The molecule has 0 spiro atoms. The quantitative estimate of drug-likeness (QED) is 0.288. The second-order valence-corrected chi connectivity index (χ2v) is 6.12. The van der Waals surface area contributed by atoms with Crippen LogP contribution in [0.4, 0.5) is 10.1 Å². The predicted octanol–water partition coefficient (Wildman–Crippen LogP) is 4.81. The van der Waals surface area contributed by atoms with Gasteiger partial charge < -0.3 is 9.94 Å². The molecular formula is C21H17FN2O4. The number of methoxy groups -OCH3 is 1. The van der Waals surface area contributed by atoms with Gasteiger partial charge in [-0.15, -0.1) is 0 Å². The highest BCUT2D eigenvalue weighted by Gasteiger charge is 2.15. The molecule has 0 bridgehead atoms. The van der Waals surface area contributed by atoms with E-state index in [-0.39, 0.29) is 11.5 Å². The van der Waals surface area contributed by atoms with Crippen LogP contribution in [0.5, 0.6) is 5.75 Å². The first-order valence-electron chi connectivity index (χ1n) is 8.39. The fraction of sp³-hybridized carbons (Fsp3) is 0.0952. The topological polar surface area (TPSA) is 85.0 Å². The molecule has 3 rings (SSSR count). The lowest BCUT2D eigenvalue weighted by molar-refractivity contribution is -0.384. The highest BCUT2D eigenvalue weighted by atomic mass is 19.1. The van der Waals surface area contributed by atoms with E-state index in [4.69, 9.17) is 9.94 Å². The van der Waals surface area contributed by atoms with Crippen molar-refractivity contribution >= 4 is 11.9 Å². The molecular weight excluding hydrogens is 363 g/mol. The van der Waals surface area contributed by atoms with E-state index in [0.717, 1.165) is 11.1 Å². The smallest absolute Gasteiger partial charge is 0.270 e. The average Bonchev–Trinajstić information content (AvgIpc) is 2.70. The summed E-state index contributed by atoms with van der Waals surface area (Å²) in [7, 11) is 1.48. The minimum Gasteiger partial charge on any atom is -0.495 e. The van der Waals surface area contributed by atoms with Gasteiger partial charge in [0.1, 0.15) is 11.6 Å². The van der Waals surface area contributed by atoms with Crippen LogP contribution in [0.1, 0.15) is 16.7 Å². The van der Waals surface area contributed by atoms with Crippen molar-refractivity contribution in [3.8, 4) is 16.9 Å². The SMILES string of the molecule is COc1c(C=NO)cc(Cc2ccc(F)cc2)cc1-c1cccc([N+](=O)[O-])c1. The number of hydrogen-bond acceptors (Lipinski definition) is 5. The van der Waals surface area contributed by atoms with Crippen LogP contribution in [0, 0.1) is 15.9 Å². The molecule has 0 saturated carbocycles. The first kappa shape index (κ1) is 19.0. The van der Waals surface area contributed by atoms with Crippen molar-refractivity contribution < 1.29 is 19.3 Å². The molecule has 7 heteroatoms. The molecule has 0 unspecified atom stereocenters. The third-order valence-corrected chi connectivity index (χ3v) is 4.27. The molecule has 0 fully saturated rings. The monoisotopic (exact) mass is 380 g/mol. The van der Waals surface area contributed by atoms with Gasteiger partial charge >= 0.3 is 0 Å². The zero-order valence-electron chi connectivity index (χ0n) is 15.0. The normalized spacial score (nSPS) is 10.9. The molecule has 0 aromatic heterocycles. The van der Waals surface area contributed by atoms with Gasteiger partial charge in [0.25, 0.3) is 5.69 Å². The second-order valence-electron chi connectivity index (χ2n) is 6.12. The largest absolute Gasteiger partial charge is 0.495 e. The van der Waals surface area contributed by atoms with Crippen molar-refractivity contribution in [2.24, 2.45) is 5.16 Å². The highest BCUT2D eigenvalue weighted by Crippen LogP contribution is 2.36. The number of halogens is 1. The van der Waals surface area contributed by atoms with E-state index in [0.29, 0.717) is 28.9 Å². The average molecular weight is 380 g/mol. The van der Waals surface area contributed by atoms with Crippen LogP contribution in [0.25, 0.3) is 11.1 Å². The third kappa shape index (κ3) is 4.15. The summed E-state index contributed by atoms with van der Waals surface area (Å²) in [6.07, 6.45) is 1.74. The summed E-state index contributed by atoms with van der Waals surface area (Å²) in [4.78, 5) is 10.7. The van der Waals surface area contributed by atoms with Gasteiger partial charge in [0.05, 0.1) is 18.2 Å². The van der Waals surface area contributed by atoms with Crippen LogP contribution in [0.2, 0.25) is 0 Å². The van der Waals surface area contributed by atoms with Crippen molar-refractivity contribution in [3.63, 3.8) is 0 Å². The van der Waals surface area contributed by atoms with Crippen LogP contribution < -0.4 is 4.74 Å². The minimum absolute atomic E-state index is 0.0409. The molecule has 0 aliphatic carbocycles. The van der Waals surface area contributed by atoms with Crippen molar-refractivity contribution in [3.05, 3.63) is 93.3 Å². The van der Waals surface area contributed by atoms with E-state index >= 15 is 0 Å². The number of rotatable bonds is 6. The maximum atomic E-state index is 13.2. The third-order valence-electron chi connectivity index (χ3n) is 4.27. The molecule has 0 aliphatic heterocycles. The Morgan fingerprint density at radius 1 is 1.14 bits per heavy atom. The summed E-state index contributed by atoms with van der Waals surface area (Å²) >= 11 is 0. The zero-order valence-corrected chi connectivity index (χ0v) is 15.0. The molecule has 142 valence electrons. The number of nitrogens with zero attached hydrogens (tertiary/aromatic N) is 2. The van der Waals surface area contributed by atoms with Crippen molar-refractivity contribution in [1.29, 1.82) is 0 Å². The van der Waals surface area contributed by atoms with Crippen LogP contribution in [-0.4, -0.2) is 23.5 Å². The van der Waals surface area contributed by atoms with Crippen LogP contribution in [0.3, 0.4) is 0 Å². The lowest BCUT2D eigenvalue weighted by Gasteiger charge is -2.14. The summed E-state index contributed by atoms with van der Waals surface area (Å²) in [6, 6.07) is 16.0. The Labute approximate surface area is 160 Å². The van der Waals surface area contributed by atoms with Gasteiger partial charge in [0.15, 0.2) is 0 Å². The molecule has 28 heavy (non-hydrogen) atoms. The van der Waals surface area contributed by atoms with Gasteiger partial charge in [-0.2, -0.15) is 0 Å². The van der Waals surface area contributed by atoms with Crippen LogP contribution >= 0.6 is 0 Å². The minimum atomic E-state index is -0.464. The Kier molecular flexibility index (Phi) is 5.64. The molecule has 3 aromatic rings. The summed E-state index contributed by atoms with van der Waals surface area (Å²) in [5.41, 5.74) is 3.44. The molecule has 3 aromatic carbocycles. The number of non-ortho nitro benzene ring substituents is 1. The number of nitro benzene ring substituents is 1. The zero-order chi connectivity index (χ0) is 20.1. The van der Waals surface area contributed by atoms with Crippen LogP contribution in [-0.2, 0) is 6.42 Å². The maximum Gasteiger partial charge on any atom is 0.270 e. The summed E-state index contributed by atoms with van der Waals surface area (Å²) in [5, 5.41) is 23.2. The first-order chi connectivity index (χ1) is 13.5. The summed E-state index contributed by atoms with van der Waals surface area (Å²) < 4.78 is 18.6. The lowest BCUT2D eigenvalue weighted by atomic mass is 9.95. The van der Waals surface area contributed by atoms with E-state index < -0.39 is 4.92 Å². The molecule has 0 aliphatic rings. The Bertz CT molecular complexity index is 1030. The number of benzene rings is 3. The van der Waals surface area contributed by atoms with Gasteiger partial charge in [-0.25, -0.2) is 4.39 Å².